The lowest BCUT2D eigenvalue weighted by atomic mass is 10.2. The summed E-state index contributed by atoms with van der Waals surface area (Å²) in [6.45, 7) is 0. The molecule has 110 valence electrons. The molecule has 0 saturated carbocycles. The molecular weight excluding hydrogens is 331 g/mol. The van der Waals surface area contributed by atoms with Gasteiger partial charge in [0.2, 0.25) is 0 Å². The summed E-state index contributed by atoms with van der Waals surface area (Å²) in [6, 6.07) is 2.66. The van der Waals surface area contributed by atoms with Crippen molar-refractivity contribution in [2.24, 2.45) is 0 Å². The minimum atomic E-state index is -3.94. The number of carbonyl (C=O) groups excluding carboxylic acids is 1. The van der Waals surface area contributed by atoms with E-state index >= 15 is 0 Å². The van der Waals surface area contributed by atoms with Crippen LogP contribution in [0.3, 0.4) is 0 Å². The van der Waals surface area contributed by atoms with Crippen LogP contribution in [0.25, 0.3) is 0 Å². The van der Waals surface area contributed by atoms with Crippen LogP contribution in [0.15, 0.2) is 23.1 Å². The van der Waals surface area contributed by atoms with Crippen LogP contribution >= 0.6 is 11.6 Å². The third kappa shape index (κ3) is 2.87. The first kappa shape index (κ1) is 15.4. The van der Waals surface area contributed by atoms with Crippen LogP contribution in [0.4, 0.5) is 4.39 Å². The van der Waals surface area contributed by atoms with Crippen molar-refractivity contribution in [2.45, 2.75) is 16.6 Å². The van der Waals surface area contributed by atoms with E-state index in [4.69, 9.17) is 11.6 Å². The second-order valence-electron chi connectivity index (χ2n) is 4.49. The second kappa shape index (κ2) is 5.09. The zero-order valence-corrected chi connectivity index (χ0v) is 12.4. The Balaban J connectivity index is 2.46. The highest BCUT2D eigenvalue weighted by Gasteiger charge is 2.38. The summed E-state index contributed by atoms with van der Waals surface area (Å²) in [5.74, 6) is -1.58. The van der Waals surface area contributed by atoms with Gasteiger partial charge in [-0.15, -0.1) is 0 Å². The highest BCUT2D eigenvalue weighted by molar-refractivity contribution is 7.96. The van der Waals surface area contributed by atoms with E-state index in [2.05, 4.69) is 0 Å². The van der Waals surface area contributed by atoms with Gasteiger partial charge >= 0.3 is 0 Å². The predicted octanol–water partition coefficient (Wildman–Crippen LogP) is 1.17. The molecule has 20 heavy (non-hydrogen) atoms. The van der Waals surface area contributed by atoms with Gasteiger partial charge in [-0.25, -0.2) is 21.2 Å². The summed E-state index contributed by atoms with van der Waals surface area (Å²) in [6.07, 6.45) is -0.00774. The molecule has 1 heterocycles. The van der Waals surface area contributed by atoms with Crippen molar-refractivity contribution in [3.63, 3.8) is 0 Å². The molecule has 0 spiro atoms. The fraction of sp³-hybridized carbons (Fsp3) is 0.364. The summed E-state index contributed by atoms with van der Waals surface area (Å²) in [4.78, 5) is 10.7. The molecule has 2 rings (SSSR count). The van der Waals surface area contributed by atoms with Crippen LogP contribution in [-0.4, -0.2) is 38.8 Å². The van der Waals surface area contributed by atoms with Crippen molar-refractivity contribution in [2.75, 3.05) is 11.5 Å². The molecule has 0 N–H and O–H groups in total. The number of benzene rings is 1. The number of carbonyl (C=O) groups is 1. The zero-order chi connectivity index (χ0) is 15.1. The highest BCUT2D eigenvalue weighted by Crippen LogP contribution is 2.27. The quantitative estimate of drug-likeness (QED) is 0.609. The number of hydrogen-bond acceptors (Lipinski definition) is 5. The number of halogens is 2. The van der Waals surface area contributed by atoms with Gasteiger partial charge in [0.15, 0.2) is 19.7 Å². The SMILES string of the molecule is O=C(Cl)c1cc(S(=O)(=O)[C@@H]2CCS(=O)(=O)C2)ccc1F. The van der Waals surface area contributed by atoms with Crippen molar-refractivity contribution in [3.8, 4) is 0 Å². The lowest BCUT2D eigenvalue weighted by Gasteiger charge is -2.10. The van der Waals surface area contributed by atoms with E-state index in [9.17, 15) is 26.0 Å². The molecule has 0 aromatic heterocycles. The molecule has 0 radical (unpaired) electrons. The Morgan fingerprint density at radius 3 is 2.50 bits per heavy atom. The molecule has 1 atom stereocenters. The van der Waals surface area contributed by atoms with E-state index in [0.717, 1.165) is 18.2 Å². The van der Waals surface area contributed by atoms with Crippen molar-refractivity contribution in [1.29, 1.82) is 0 Å². The largest absolute Gasteiger partial charge is 0.275 e. The first-order chi connectivity index (χ1) is 9.13. The number of sulfone groups is 2. The summed E-state index contributed by atoms with van der Waals surface area (Å²) in [5, 5.41) is -2.19. The topological polar surface area (TPSA) is 85.3 Å². The predicted molar refractivity (Wildman–Crippen MR) is 70.8 cm³/mol. The standard InChI is InChI=1S/C11H10ClFO5S2/c12-11(14)9-5-7(1-2-10(9)13)20(17,18)8-3-4-19(15,16)6-8/h1-2,5,8H,3-4,6H2/t8-/m1/s1. The van der Waals surface area contributed by atoms with Crippen molar-refractivity contribution in [3.05, 3.63) is 29.6 Å². The molecule has 0 aliphatic carbocycles. The van der Waals surface area contributed by atoms with Crippen LogP contribution in [0.2, 0.25) is 0 Å². The average Bonchev–Trinajstić information content (AvgIpc) is 2.70. The maximum absolute atomic E-state index is 13.3. The smallest absolute Gasteiger partial charge is 0.255 e. The maximum Gasteiger partial charge on any atom is 0.255 e. The van der Waals surface area contributed by atoms with Crippen LogP contribution in [0, 0.1) is 5.82 Å². The van der Waals surface area contributed by atoms with Crippen molar-refractivity contribution in [1.82, 2.24) is 0 Å². The van der Waals surface area contributed by atoms with Crippen LogP contribution in [0.5, 0.6) is 0 Å². The molecule has 0 amide bonds. The Bertz CT molecular complexity index is 770. The number of rotatable bonds is 3. The van der Waals surface area contributed by atoms with E-state index in [1.165, 1.54) is 0 Å². The van der Waals surface area contributed by atoms with Gasteiger partial charge in [0.25, 0.3) is 5.24 Å². The Hall–Kier alpha value is -0.990. The number of hydrogen-bond donors (Lipinski definition) is 0. The molecule has 1 saturated heterocycles. The van der Waals surface area contributed by atoms with E-state index in [1.807, 2.05) is 0 Å². The van der Waals surface area contributed by atoms with E-state index in [0.29, 0.717) is 0 Å². The average molecular weight is 341 g/mol. The fourth-order valence-electron chi connectivity index (χ4n) is 2.03. The van der Waals surface area contributed by atoms with E-state index in [1.54, 1.807) is 0 Å². The van der Waals surface area contributed by atoms with Gasteiger partial charge in [-0.2, -0.15) is 0 Å². The molecule has 1 fully saturated rings. The third-order valence-corrected chi connectivity index (χ3v) is 7.48. The van der Waals surface area contributed by atoms with Crippen LogP contribution in [0.1, 0.15) is 16.8 Å². The van der Waals surface area contributed by atoms with Crippen molar-refractivity contribution < 1.29 is 26.0 Å². The molecular formula is C11H10ClFO5S2. The van der Waals surface area contributed by atoms with Crippen LogP contribution in [-0.2, 0) is 19.7 Å². The summed E-state index contributed by atoms with van der Waals surface area (Å²) in [7, 11) is -7.31. The Morgan fingerprint density at radius 1 is 1.35 bits per heavy atom. The lowest BCUT2D eigenvalue weighted by Crippen LogP contribution is -2.23. The summed E-state index contributed by atoms with van der Waals surface area (Å²) in [5.41, 5.74) is -0.548. The first-order valence-electron chi connectivity index (χ1n) is 5.57. The monoisotopic (exact) mass is 340 g/mol. The first-order valence-corrected chi connectivity index (χ1v) is 9.32. The van der Waals surface area contributed by atoms with Gasteiger partial charge in [-0.1, -0.05) is 0 Å². The Kier molecular flexibility index (Phi) is 3.92. The van der Waals surface area contributed by atoms with Gasteiger partial charge in [0.1, 0.15) is 5.82 Å². The van der Waals surface area contributed by atoms with Crippen molar-refractivity contribution >= 4 is 36.5 Å². The Labute approximate surface area is 120 Å². The molecule has 9 heteroatoms. The molecule has 1 aromatic carbocycles. The minimum Gasteiger partial charge on any atom is -0.275 e. The van der Waals surface area contributed by atoms with Gasteiger partial charge in [0, 0.05) is 0 Å². The van der Waals surface area contributed by atoms with Gasteiger partial charge in [-0.3, -0.25) is 4.79 Å². The molecule has 5 nitrogen and oxygen atoms in total. The zero-order valence-electron chi connectivity index (χ0n) is 10.0. The molecule has 1 aliphatic rings. The Morgan fingerprint density at radius 2 is 2.00 bits per heavy atom. The summed E-state index contributed by atoms with van der Waals surface area (Å²) < 4.78 is 60.5. The summed E-state index contributed by atoms with van der Waals surface area (Å²) >= 11 is 5.17. The maximum atomic E-state index is 13.3. The normalized spacial score (nSPS) is 21.8. The van der Waals surface area contributed by atoms with Gasteiger partial charge in [0.05, 0.1) is 27.2 Å². The van der Waals surface area contributed by atoms with Gasteiger partial charge < -0.3 is 0 Å². The molecule has 1 aromatic rings. The van der Waals surface area contributed by atoms with Gasteiger partial charge in [-0.05, 0) is 36.2 Å². The minimum absolute atomic E-state index is 0.00774. The third-order valence-electron chi connectivity index (χ3n) is 3.11. The molecule has 0 unspecified atom stereocenters. The second-order valence-corrected chi connectivity index (χ2v) is 9.29. The van der Waals surface area contributed by atoms with E-state index in [-0.39, 0.29) is 17.1 Å². The molecule has 1 aliphatic heterocycles. The highest BCUT2D eigenvalue weighted by atomic mass is 35.5. The fourth-order valence-corrected chi connectivity index (χ4v) is 6.56. The lowest BCUT2D eigenvalue weighted by molar-refractivity contribution is 0.107. The molecule has 0 bridgehead atoms. The van der Waals surface area contributed by atoms with E-state index < -0.39 is 47.3 Å². The van der Waals surface area contributed by atoms with Crippen LogP contribution < -0.4 is 0 Å².